The number of methoxy groups -OCH3 is 1. The van der Waals surface area contributed by atoms with Crippen molar-refractivity contribution in [3.8, 4) is 5.75 Å². The van der Waals surface area contributed by atoms with Crippen molar-refractivity contribution >= 4 is 28.5 Å². The van der Waals surface area contributed by atoms with Crippen molar-refractivity contribution in [3.05, 3.63) is 83.4 Å². The van der Waals surface area contributed by atoms with Crippen LogP contribution in [-0.4, -0.2) is 25.7 Å². The summed E-state index contributed by atoms with van der Waals surface area (Å²) in [7, 11) is 1.62. The van der Waals surface area contributed by atoms with Crippen molar-refractivity contribution in [2.75, 3.05) is 13.7 Å². The van der Waals surface area contributed by atoms with E-state index in [-0.39, 0.29) is 12.6 Å². The first kappa shape index (κ1) is 19.5. The van der Waals surface area contributed by atoms with Gasteiger partial charge in [0, 0.05) is 5.39 Å². The highest BCUT2D eigenvalue weighted by molar-refractivity contribution is 6.06. The lowest BCUT2D eigenvalue weighted by Gasteiger charge is -2.30. The van der Waals surface area contributed by atoms with E-state index in [0.717, 1.165) is 27.6 Å². The van der Waals surface area contributed by atoms with Crippen molar-refractivity contribution in [1.29, 1.82) is 0 Å². The zero-order valence-electron chi connectivity index (χ0n) is 16.8. The Labute approximate surface area is 174 Å². The number of rotatable bonds is 5. The fourth-order valence-electron chi connectivity index (χ4n) is 3.78. The molecule has 1 aliphatic rings. The lowest BCUT2D eigenvalue weighted by molar-refractivity contribution is -0.138. The molecule has 1 unspecified atom stereocenters. The van der Waals surface area contributed by atoms with Gasteiger partial charge in [0.25, 0.3) is 0 Å². The third kappa shape index (κ3) is 3.48. The van der Waals surface area contributed by atoms with Gasteiger partial charge in [-0.05, 0) is 29.5 Å². The van der Waals surface area contributed by atoms with Gasteiger partial charge >= 0.3 is 12.0 Å². The largest absolute Gasteiger partial charge is 0.496 e. The summed E-state index contributed by atoms with van der Waals surface area (Å²) in [4.78, 5) is 25.6. The first-order valence-corrected chi connectivity index (χ1v) is 9.74. The Kier molecular flexibility index (Phi) is 5.39. The zero-order valence-corrected chi connectivity index (χ0v) is 16.8. The molecule has 0 saturated heterocycles. The van der Waals surface area contributed by atoms with E-state index in [1.165, 1.54) is 0 Å². The van der Waals surface area contributed by atoms with E-state index in [9.17, 15) is 9.59 Å². The second-order valence-corrected chi connectivity index (χ2v) is 6.81. The average molecular weight is 402 g/mol. The van der Waals surface area contributed by atoms with Gasteiger partial charge in [-0.3, -0.25) is 0 Å². The van der Waals surface area contributed by atoms with E-state index in [0.29, 0.717) is 11.3 Å². The van der Waals surface area contributed by atoms with Crippen LogP contribution < -0.4 is 15.4 Å². The van der Waals surface area contributed by atoms with Crippen molar-refractivity contribution in [2.45, 2.75) is 13.0 Å². The summed E-state index contributed by atoms with van der Waals surface area (Å²) in [6.07, 6.45) is 0. The van der Waals surface area contributed by atoms with Gasteiger partial charge in [0.1, 0.15) is 5.75 Å². The molecule has 1 heterocycles. The number of carbonyl (C=O) groups is 2. The van der Waals surface area contributed by atoms with E-state index >= 15 is 0 Å². The summed E-state index contributed by atoms with van der Waals surface area (Å²) >= 11 is 0. The summed E-state index contributed by atoms with van der Waals surface area (Å²) in [6, 6.07) is 19.7. The molecule has 0 aromatic heterocycles. The molecule has 3 aromatic carbocycles. The topological polar surface area (TPSA) is 76.7 Å². The Balaban J connectivity index is 1.97. The van der Waals surface area contributed by atoms with Gasteiger partial charge in [0.2, 0.25) is 0 Å². The highest BCUT2D eigenvalue weighted by atomic mass is 16.5. The molecule has 0 aliphatic carbocycles. The first-order valence-electron chi connectivity index (χ1n) is 9.74. The predicted molar refractivity (Wildman–Crippen MR) is 115 cm³/mol. The van der Waals surface area contributed by atoms with Crippen LogP contribution in [0.15, 0.2) is 72.3 Å². The van der Waals surface area contributed by atoms with Crippen LogP contribution in [0.1, 0.15) is 24.1 Å². The molecule has 4 rings (SSSR count). The predicted octanol–water partition coefficient (Wildman–Crippen LogP) is 4.18. The number of carbonyl (C=O) groups excluding carboxylic acids is 2. The van der Waals surface area contributed by atoms with E-state index in [2.05, 4.69) is 10.6 Å². The molecule has 3 aromatic rings. The molecular weight excluding hydrogens is 380 g/mol. The molecule has 0 radical (unpaired) electrons. The third-order valence-electron chi connectivity index (χ3n) is 5.08. The van der Waals surface area contributed by atoms with Gasteiger partial charge in [-0.25, -0.2) is 9.59 Å². The van der Waals surface area contributed by atoms with Gasteiger partial charge < -0.3 is 20.1 Å². The fourth-order valence-corrected chi connectivity index (χ4v) is 3.78. The summed E-state index contributed by atoms with van der Waals surface area (Å²) < 4.78 is 10.9. The molecule has 0 saturated carbocycles. The lowest BCUT2D eigenvalue weighted by Crippen LogP contribution is -2.45. The molecule has 1 aliphatic heterocycles. The van der Waals surface area contributed by atoms with Crippen LogP contribution in [0, 0.1) is 0 Å². The second kappa shape index (κ2) is 8.29. The van der Waals surface area contributed by atoms with Crippen LogP contribution in [-0.2, 0) is 9.53 Å². The van der Waals surface area contributed by atoms with Crippen LogP contribution in [0.3, 0.4) is 0 Å². The Bertz CT molecular complexity index is 1140. The van der Waals surface area contributed by atoms with Crippen LogP contribution in [0.5, 0.6) is 5.75 Å². The van der Waals surface area contributed by atoms with E-state index < -0.39 is 12.0 Å². The maximum Gasteiger partial charge on any atom is 0.338 e. The number of nitrogens with one attached hydrogen (secondary N) is 2. The molecule has 0 bridgehead atoms. The second-order valence-electron chi connectivity index (χ2n) is 6.81. The smallest absolute Gasteiger partial charge is 0.338 e. The molecule has 6 nitrogen and oxygen atoms in total. The zero-order chi connectivity index (χ0) is 21.1. The minimum absolute atomic E-state index is 0.231. The van der Waals surface area contributed by atoms with Crippen molar-refractivity contribution < 1.29 is 19.1 Å². The molecule has 2 amide bonds. The van der Waals surface area contributed by atoms with Crippen molar-refractivity contribution in [2.24, 2.45) is 0 Å². The van der Waals surface area contributed by atoms with Crippen molar-refractivity contribution in [3.63, 3.8) is 0 Å². The molecule has 30 heavy (non-hydrogen) atoms. The standard InChI is InChI=1S/C24H22N2O4/c1-3-30-23(27)20-21(15-9-5-4-6-10-15)25-24(28)26-22(20)18-13-14-19(29-2)17-12-8-7-11-16(17)18/h4-14,22H,3H2,1-2H3,(H2,25,26,28). The summed E-state index contributed by atoms with van der Waals surface area (Å²) in [5, 5.41) is 7.48. The Morgan fingerprint density at radius 3 is 2.37 bits per heavy atom. The van der Waals surface area contributed by atoms with Gasteiger partial charge in [-0.15, -0.1) is 0 Å². The number of hydrogen-bond acceptors (Lipinski definition) is 4. The monoisotopic (exact) mass is 402 g/mol. The SMILES string of the molecule is CCOC(=O)C1=C(c2ccccc2)NC(=O)NC1c1ccc(OC)c2ccccc12. The number of amides is 2. The molecule has 6 heteroatoms. The Hall–Kier alpha value is -3.80. The number of benzene rings is 3. The number of ether oxygens (including phenoxy) is 2. The van der Waals surface area contributed by atoms with Gasteiger partial charge in [-0.1, -0.05) is 60.7 Å². The quantitative estimate of drug-likeness (QED) is 0.628. The van der Waals surface area contributed by atoms with E-state index in [1.807, 2.05) is 66.7 Å². The molecule has 1 atom stereocenters. The summed E-state index contributed by atoms with van der Waals surface area (Å²) in [6.45, 7) is 1.99. The highest BCUT2D eigenvalue weighted by Gasteiger charge is 2.35. The first-order chi connectivity index (χ1) is 14.6. The van der Waals surface area contributed by atoms with Gasteiger partial charge in [-0.2, -0.15) is 0 Å². The molecular formula is C24H22N2O4. The van der Waals surface area contributed by atoms with Crippen LogP contribution >= 0.6 is 0 Å². The van der Waals surface area contributed by atoms with Gasteiger partial charge in [0.05, 0.1) is 31.0 Å². The number of esters is 1. The maximum atomic E-state index is 13.0. The van der Waals surface area contributed by atoms with Crippen molar-refractivity contribution in [1.82, 2.24) is 10.6 Å². The number of fused-ring (bicyclic) bond motifs is 1. The summed E-state index contributed by atoms with van der Waals surface area (Å²) in [5.74, 6) is 0.244. The van der Waals surface area contributed by atoms with E-state index in [1.54, 1.807) is 14.0 Å². The highest BCUT2D eigenvalue weighted by Crippen LogP contribution is 2.37. The fraction of sp³-hybridized carbons (Fsp3) is 0.167. The van der Waals surface area contributed by atoms with Crippen LogP contribution in [0.4, 0.5) is 4.79 Å². The van der Waals surface area contributed by atoms with Gasteiger partial charge in [0.15, 0.2) is 0 Å². The minimum atomic E-state index is -0.677. The average Bonchev–Trinajstić information content (AvgIpc) is 2.78. The lowest BCUT2D eigenvalue weighted by atomic mass is 9.89. The molecule has 0 fully saturated rings. The van der Waals surface area contributed by atoms with Crippen LogP contribution in [0.2, 0.25) is 0 Å². The molecule has 152 valence electrons. The number of urea groups is 1. The maximum absolute atomic E-state index is 13.0. The number of hydrogen-bond donors (Lipinski definition) is 2. The Morgan fingerprint density at radius 1 is 0.967 bits per heavy atom. The summed E-state index contributed by atoms with van der Waals surface area (Å²) in [5.41, 5.74) is 2.33. The molecule has 0 spiro atoms. The van der Waals surface area contributed by atoms with Crippen LogP contribution in [0.25, 0.3) is 16.5 Å². The van der Waals surface area contributed by atoms with E-state index in [4.69, 9.17) is 9.47 Å². The minimum Gasteiger partial charge on any atom is -0.496 e. The molecule has 2 N–H and O–H groups in total. The third-order valence-corrected chi connectivity index (χ3v) is 5.08. The normalized spacial score (nSPS) is 16.1. The Morgan fingerprint density at radius 2 is 1.67 bits per heavy atom.